The Morgan fingerprint density at radius 3 is 0.875 bits per heavy atom. The number of hydrogen-bond acceptors (Lipinski definition) is 3. The molecule has 0 atom stereocenters. The van der Waals surface area contributed by atoms with E-state index in [0.29, 0.717) is 0 Å². The van der Waals surface area contributed by atoms with Gasteiger partial charge < -0.3 is 17.2 Å². The molecule has 0 aliphatic carbocycles. The number of anilines is 3. The fraction of sp³-hybridized carbons (Fsp3) is 0.514. The van der Waals surface area contributed by atoms with Crippen molar-refractivity contribution < 1.29 is 0 Å². The molecular weight excluding hydrogens is 486 g/mol. The third kappa shape index (κ3) is 6.67. The van der Waals surface area contributed by atoms with Crippen LogP contribution in [0.5, 0.6) is 0 Å². The van der Waals surface area contributed by atoms with Crippen molar-refractivity contribution in [1.29, 1.82) is 0 Å². The van der Waals surface area contributed by atoms with Gasteiger partial charge in [-0.25, -0.2) is 0 Å². The van der Waals surface area contributed by atoms with Gasteiger partial charge in [0.05, 0.1) is 0 Å². The Kier molecular flexibility index (Phi) is 12.0. The van der Waals surface area contributed by atoms with Crippen LogP contribution in [-0.2, 0) is 38.5 Å². The van der Waals surface area contributed by atoms with Crippen LogP contribution >= 0.6 is 0 Å². The molecule has 0 heterocycles. The first-order valence-corrected chi connectivity index (χ1v) is 16.1. The highest BCUT2D eigenvalue weighted by Gasteiger charge is 2.28. The summed E-state index contributed by atoms with van der Waals surface area (Å²) in [5, 5.41) is 0. The summed E-state index contributed by atoms with van der Waals surface area (Å²) in [5.41, 5.74) is 35.6. The van der Waals surface area contributed by atoms with Crippen molar-refractivity contribution in [1.82, 2.24) is 0 Å². The maximum Gasteiger partial charge on any atom is 0.0401 e. The first-order chi connectivity index (χ1) is 19.4. The molecule has 0 fully saturated rings. The summed E-state index contributed by atoms with van der Waals surface area (Å²) in [6.45, 7) is 13.4. The minimum absolute atomic E-state index is 0.108. The molecule has 0 aliphatic rings. The molecule has 0 bridgehead atoms. The first kappa shape index (κ1) is 31.6. The van der Waals surface area contributed by atoms with Gasteiger partial charge in [-0.15, -0.1) is 0 Å². The van der Waals surface area contributed by atoms with Gasteiger partial charge in [0.1, 0.15) is 0 Å². The zero-order valence-electron chi connectivity index (χ0n) is 26.3. The lowest BCUT2D eigenvalue weighted by Crippen LogP contribution is -2.16. The van der Waals surface area contributed by atoms with Crippen LogP contribution < -0.4 is 17.2 Å². The number of rotatable bonds is 15. The van der Waals surface area contributed by atoms with Gasteiger partial charge in [-0.2, -0.15) is 0 Å². The molecule has 3 nitrogen and oxygen atoms in total. The fourth-order valence-corrected chi connectivity index (χ4v) is 6.59. The highest BCUT2D eigenvalue weighted by Crippen LogP contribution is 2.45. The molecule has 0 saturated carbocycles. The van der Waals surface area contributed by atoms with E-state index in [1.165, 1.54) is 33.4 Å². The molecule has 3 heteroatoms. The van der Waals surface area contributed by atoms with Gasteiger partial charge >= 0.3 is 0 Å². The van der Waals surface area contributed by atoms with Crippen LogP contribution in [0.15, 0.2) is 36.4 Å². The Bertz CT molecular complexity index is 1100. The number of benzene rings is 3. The van der Waals surface area contributed by atoms with Crippen LogP contribution in [0.3, 0.4) is 0 Å². The average Bonchev–Trinajstić information content (AvgIpc) is 2.94. The van der Waals surface area contributed by atoms with Crippen molar-refractivity contribution in [3.63, 3.8) is 0 Å². The zero-order valence-corrected chi connectivity index (χ0v) is 26.3. The predicted octanol–water partition coefficient (Wildman–Crippen LogP) is 9.33. The zero-order chi connectivity index (χ0) is 29.2. The van der Waals surface area contributed by atoms with Crippen LogP contribution in [0.25, 0.3) is 0 Å². The monoisotopic (exact) mass is 541 g/mol. The van der Waals surface area contributed by atoms with Crippen molar-refractivity contribution in [2.24, 2.45) is 0 Å². The Morgan fingerprint density at radius 2 is 0.650 bits per heavy atom. The van der Waals surface area contributed by atoms with Crippen molar-refractivity contribution in [2.75, 3.05) is 17.2 Å². The highest BCUT2D eigenvalue weighted by atomic mass is 14.6. The molecule has 40 heavy (non-hydrogen) atoms. The molecular formula is C37H55N3. The van der Waals surface area contributed by atoms with Gasteiger partial charge in [-0.3, -0.25) is 0 Å². The molecule has 0 spiro atoms. The maximum absolute atomic E-state index is 7.14. The lowest BCUT2D eigenvalue weighted by molar-refractivity contribution is 0.844. The standard InChI is InChI=1S/C37H55N3/c1-7-13-25-19-22-31(35(38)28(25)16-10-4)34(32-23-20-26(14-8-2)29(17-11-5)36(32)39)33-24-21-27(15-9-3)30(18-12-6)37(33)40/h19-24,34H,7-18,38-40H2,1-6H3. The number of aryl methyl sites for hydroxylation is 3. The van der Waals surface area contributed by atoms with Crippen molar-refractivity contribution in [2.45, 2.75) is 125 Å². The maximum atomic E-state index is 7.14. The predicted molar refractivity (Wildman–Crippen MR) is 177 cm³/mol. The highest BCUT2D eigenvalue weighted by molar-refractivity contribution is 5.72. The molecule has 3 rings (SSSR count). The van der Waals surface area contributed by atoms with E-state index < -0.39 is 0 Å². The molecule has 218 valence electrons. The smallest absolute Gasteiger partial charge is 0.0401 e. The number of nitrogen functional groups attached to an aromatic ring is 3. The normalized spacial score (nSPS) is 11.5. The molecule has 6 N–H and O–H groups in total. The second kappa shape index (κ2) is 15.2. The summed E-state index contributed by atoms with van der Waals surface area (Å²) in [5.74, 6) is -0.108. The summed E-state index contributed by atoms with van der Waals surface area (Å²) < 4.78 is 0. The summed E-state index contributed by atoms with van der Waals surface area (Å²) >= 11 is 0. The second-order valence-corrected chi connectivity index (χ2v) is 11.6. The van der Waals surface area contributed by atoms with Crippen LogP contribution in [0.4, 0.5) is 17.1 Å². The molecule has 0 amide bonds. The lowest BCUT2D eigenvalue weighted by atomic mass is 9.77. The second-order valence-electron chi connectivity index (χ2n) is 11.6. The number of nitrogens with two attached hydrogens (primary N) is 3. The van der Waals surface area contributed by atoms with E-state index in [9.17, 15) is 0 Å². The topological polar surface area (TPSA) is 78.1 Å². The molecule has 0 unspecified atom stereocenters. The van der Waals surface area contributed by atoms with Crippen molar-refractivity contribution in [3.05, 3.63) is 86.5 Å². The van der Waals surface area contributed by atoms with Crippen LogP contribution in [-0.4, -0.2) is 0 Å². The van der Waals surface area contributed by atoms with E-state index >= 15 is 0 Å². The van der Waals surface area contributed by atoms with E-state index in [1.807, 2.05) is 0 Å². The Hall–Kier alpha value is -2.94. The van der Waals surface area contributed by atoms with Gasteiger partial charge in [0, 0.05) is 23.0 Å². The Balaban J connectivity index is 2.40. The van der Waals surface area contributed by atoms with E-state index in [1.54, 1.807) is 0 Å². The van der Waals surface area contributed by atoms with Crippen LogP contribution in [0.2, 0.25) is 0 Å². The van der Waals surface area contributed by atoms with Gasteiger partial charge in [0.2, 0.25) is 0 Å². The fourth-order valence-electron chi connectivity index (χ4n) is 6.59. The van der Waals surface area contributed by atoms with Gasteiger partial charge in [0.25, 0.3) is 0 Å². The largest absolute Gasteiger partial charge is 0.398 e. The van der Waals surface area contributed by atoms with E-state index in [4.69, 9.17) is 17.2 Å². The molecule has 0 saturated heterocycles. The van der Waals surface area contributed by atoms with Gasteiger partial charge in [0.15, 0.2) is 0 Å². The van der Waals surface area contributed by atoms with Crippen molar-refractivity contribution >= 4 is 17.1 Å². The molecule has 0 aromatic heterocycles. The minimum atomic E-state index is -0.108. The summed E-state index contributed by atoms with van der Waals surface area (Å²) in [6.07, 6.45) is 12.6. The summed E-state index contributed by atoms with van der Waals surface area (Å²) in [4.78, 5) is 0. The van der Waals surface area contributed by atoms with Crippen molar-refractivity contribution in [3.8, 4) is 0 Å². The first-order valence-electron chi connectivity index (χ1n) is 16.1. The number of hydrogen-bond donors (Lipinski definition) is 3. The van der Waals surface area contributed by atoms with E-state index in [0.717, 1.165) is 111 Å². The quantitative estimate of drug-likeness (QED) is 0.132. The summed E-state index contributed by atoms with van der Waals surface area (Å²) in [6, 6.07) is 13.7. The molecule has 0 radical (unpaired) electrons. The van der Waals surface area contributed by atoms with Crippen LogP contribution in [0.1, 0.15) is 136 Å². The van der Waals surface area contributed by atoms with E-state index in [-0.39, 0.29) is 5.92 Å². The molecule has 3 aromatic rings. The Morgan fingerprint density at radius 1 is 0.400 bits per heavy atom. The minimum Gasteiger partial charge on any atom is -0.398 e. The summed E-state index contributed by atoms with van der Waals surface area (Å²) in [7, 11) is 0. The SMILES string of the molecule is CCCc1ccc(C(c2ccc(CCC)c(CCC)c2N)c2ccc(CCC)c(CCC)c2N)c(N)c1CCC. The molecule has 0 aliphatic heterocycles. The van der Waals surface area contributed by atoms with Gasteiger partial charge in [-0.05, 0) is 88.6 Å². The third-order valence-corrected chi connectivity index (χ3v) is 8.45. The van der Waals surface area contributed by atoms with E-state index in [2.05, 4.69) is 77.9 Å². The third-order valence-electron chi connectivity index (χ3n) is 8.45. The molecule has 3 aromatic carbocycles. The van der Waals surface area contributed by atoms with Gasteiger partial charge in [-0.1, -0.05) is 116 Å². The van der Waals surface area contributed by atoms with Crippen LogP contribution in [0, 0.1) is 0 Å². The Labute approximate surface area is 244 Å². The lowest BCUT2D eigenvalue weighted by Gasteiger charge is -2.28. The average molecular weight is 542 g/mol.